The molecule has 4 nitrogen and oxygen atoms in total. The van der Waals surface area contributed by atoms with Gasteiger partial charge in [-0.3, -0.25) is 4.79 Å². The summed E-state index contributed by atoms with van der Waals surface area (Å²) in [4.78, 5) is 11.1. The van der Waals surface area contributed by atoms with Crippen molar-refractivity contribution in [1.82, 2.24) is 0 Å². The molecule has 1 saturated carbocycles. The van der Waals surface area contributed by atoms with Crippen molar-refractivity contribution in [2.24, 2.45) is 17.8 Å². The molecule has 0 heterocycles. The second-order valence-electron chi connectivity index (χ2n) is 8.55. The number of rotatable bonds is 9. The standard InChI is InChI=1S/C25H33FO4/c1-30-25(29)11-5-3-2-4-10-21-20(22(26)16-24(21)28)12-13-23(27)19-14-17-8-6-7-9-18(17)15-19/h2,4,6-9,12-13,19-24,27-28H,3,5,10-11,14-16H2,1H3/t20-,21?,22+,23+,24?/m1/s1. The maximum absolute atomic E-state index is 14.5. The molecule has 5 heteroatoms. The number of fused-ring (bicyclic) bond motifs is 1. The summed E-state index contributed by atoms with van der Waals surface area (Å²) in [5, 5.41) is 20.9. The van der Waals surface area contributed by atoms with Crippen molar-refractivity contribution in [3.05, 3.63) is 59.7 Å². The Bertz CT molecular complexity index is 734. The number of methoxy groups -OCH3 is 1. The van der Waals surface area contributed by atoms with Crippen molar-refractivity contribution >= 4 is 5.97 Å². The van der Waals surface area contributed by atoms with E-state index in [1.165, 1.54) is 18.2 Å². The average molecular weight is 417 g/mol. The molecular weight excluding hydrogens is 383 g/mol. The number of halogens is 1. The number of carbonyl (C=O) groups is 1. The van der Waals surface area contributed by atoms with Gasteiger partial charge in [0.2, 0.25) is 0 Å². The summed E-state index contributed by atoms with van der Waals surface area (Å²) >= 11 is 0. The smallest absolute Gasteiger partial charge is 0.305 e. The molecule has 30 heavy (non-hydrogen) atoms. The number of benzene rings is 1. The average Bonchev–Trinajstić information content (AvgIpc) is 3.29. The van der Waals surface area contributed by atoms with Crippen LogP contribution in [0.4, 0.5) is 4.39 Å². The van der Waals surface area contributed by atoms with Gasteiger partial charge in [0.25, 0.3) is 0 Å². The summed E-state index contributed by atoms with van der Waals surface area (Å²) < 4.78 is 19.1. The van der Waals surface area contributed by atoms with E-state index in [1.54, 1.807) is 12.2 Å². The molecule has 0 saturated heterocycles. The Morgan fingerprint density at radius 3 is 2.63 bits per heavy atom. The summed E-state index contributed by atoms with van der Waals surface area (Å²) in [5.74, 6) is -0.681. The van der Waals surface area contributed by atoms with E-state index in [-0.39, 0.29) is 24.2 Å². The lowest BCUT2D eigenvalue weighted by molar-refractivity contribution is -0.140. The molecule has 0 amide bonds. The zero-order chi connectivity index (χ0) is 21.5. The van der Waals surface area contributed by atoms with Crippen molar-refractivity contribution in [1.29, 1.82) is 0 Å². The van der Waals surface area contributed by atoms with Gasteiger partial charge in [0.1, 0.15) is 6.17 Å². The van der Waals surface area contributed by atoms with Crippen LogP contribution in [0.15, 0.2) is 48.6 Å². The predicted molar refractivity (Wildman–Crippen MR) is 115 cm³/mol. The summed E-state index contributed by atoms with van der Waals surface area (Å²) in [6.45, 7) is 0. The van der Waals surface area contributed by atoms with Crippen molar-refractivity contribution in [3.63, 3.8) is 0 Å². The molecule has 0 radical (unpaired) electrons. The van der Waals surface area contributed by atoms with Crippen LogP contribution < -0.4 is 0 Å². The lowest BCUT2D eigenvalue weighted by atomic mass is 9.89. The van der Waals surface area contributed by atoms with E-state index in [1.807, 2.05) is 24.3 Å². The molecule has 2 N–H and O–H groups in total. The third-order valence-corrected chi connectivity index (χ3v) is 6.52. The van der Waals surface area contributed by atoms with E-state index in [0.29, 0.717) is 19.3 Å². The van der Waals surface area contributed by atoms with Crippen molar-refractivity contribution in [2.75, 3.05) is 7.11 Å². The molecule has 1 aromatic rings. The van der Waals surface area contributed by atoms with Crippen LogP contribution in [-0.2, 0) is 22.4 Å². The molecule has 2 aliphatic carbocycles. The SMILES string of the molecule is COC(=O)CCCC=CCC1C(O)C[C@H](F)[C@@H]1C=C[C@H](O)C1Cc2ccccc2C1. The maximum atomic E-state index is 14.5. The van der Waals surface area contributed by atoms with Crippen LogP contribution in [0.2, 0.25) is 0 Å². The minimum Gasteiger partial charge on any atom is -0.469 e. The van der Waals surface area contributed by atoms with Crippen LogP contribution in [-0.4, -0.2) is 41.7 Å². The first-order chi connectivity index (χ1) is 14.5. The predicted octanol–water partition coefficient (Wildman–Crippen LogP) is 3.94. The van der Waals surface area contributed by atoms with Crippen molar-refractivity contribution < 1.29 is 24.1 Å². The highest BCUT2D eigenvalue weighted by atomic mass is 19.1. The molecular formula is C25H33FO4. The quantitative estimate of drug-likeness (QED) is 0.364. The fourth-order valence-electron chi connectivity index (χ4n) is 4.74. The van der Waals surface area contributed by atoms with Gasteiger partial charge in [-0.15, -0.1) is 0 Å². The van der Waals surface area contributed by atoms with Crippen LogP contribution in [0, 0.1) is 17.8 Å². The first kappa shape index (κ1) is 22.7. The van der Waals surface area contributed by atoms with Gasteiger partial charge in [0, 0.05) is 18.8 Å². The molecule has 1 fully saturated rings. The fraction of sp³-hybridized carbons (Fsp3) is 0.560. The summed E-state index contributed by atoms with van der Waals surface area (Å²) in [7, 11) is 1.38. The van der Waals surface area contributed by atoms with Crippen LogP contribution in [0.25, 0.3) is 0 Å². The molecule has 5 atom stereocenters. The van der Waals surface area contributed by atoms with Crippen molar-refractivity contribution in [2.45, 2.75) is 63.3 Å². The van der Waals surface area contributed by atoms with Crippen LogP contribution in [0.5, 0.6) is 0 Å². The molecule has 0 bridgehead atoms. The molecule has 1 aromatic carbocycles. The number of unbranched alkanes of at least 4 members (excludes halogenated alkanes) is 1. The normalized spacial score (nSPS) is 27.7. The monoisotopic (exact) mass is 416 g/mol. The van der Waals surface area contributed by atoms with Gasteiger partial charge in [-0.1, -0.05) is 48.6 Å². The highest BCUT2D eigenvalue weighted by Gasteiger charge is 2.40. The number of hydrogen-bond acceptors (Lipinski definition) is 4. The number of allylic oxidation sites excluding steroid dienone is 3. The Kier molecular flexibility index (Phi) is 8.23. The Balaban J connectivity index is 1.51. The van der Waals surface area contributed by atoms with Crippen LogP contribution in [0.1, 0.15) is 43.2 Å². The highest BCUT2D eigenvalue weighted by Crippen LogP contribution is 2.38. The molecule has 0 spiro atoms. The Hall–Kier alpha value is -1.98. The maximum Gasteiger partial charge on any atom is 0.305 e. The lowest BCUT2D eigenvalue weighted by Crippen LogP contribution is -2.21. The highest BCUT2D eigenvalue weighted by molar-refractivity contribution is 5.69. The minimum absolute atomic E-state index is 0.121. The minimum atomic E-state index is -1.10. The molecule has 0 aromatic heterocycles. The number of aliphatic hydroxyl groups excluding tert-OH is 2. The van der Waals surface area contributed by atoms with Gasteiger partial charge < -0.3 is 14.9 Å². The van der Waals surface area contributed by atoms with E-state index in [2.05, 4.69) is 16.9 Å². The van der Waals surface area contributed by atoms with Gasteiger partial charge in [-0.05, 0) is 55.1 Å². The van der Waals surface area contributed by atoms with E-state index >= 15 is 0 Å². The zero-order valence-electron chi connectivity index (χ0n) is 17.6. The Morgan fingerprint density at radius 2 is 1.97 bits per heavy atom. The van der Waals surface area contributed by atoms with Crippen LogP contribution in [0.3, 0.4) is 0 Å². The molecule has 2 aliphatic rings. The summed E-state index contributed by atoms with van der Waals surface area (Å²) in [5.41, 5.74) is 2.56. The van der Waals surface area contributed by atoms with E-state index in [0.717, 1.165) is 19.3 Å². The third kappa shape index (κ3) is 5.79. The van der Waals surface area contributed by atoms with Crippen molar-refractivity contribution in [3.8, 4) is 0 Å². The van der Waals surface area contributed by atoms with E-state index in [4.69, 9.17) is 0 Å². The first-order valence-corrected chi connectivity index (χ1v) is 11.0. The first-order valence-electron chi connectivity index (χ1n) is 11.0. The largest absolute Gasteiger partial charge is 0.469 e. The van der Waals surface area contributed by atoms with E-state index < -0.39 is 24.3 Å². The number of ether oxygens (including phenoxy) is 1. The van der Waals surface area contributed by atoms with Gasteiger partial charge >= 0.3 is 5.97 Å². The number of alkyl halides is 1. The number of esters is 1. The number of aliphatic hydroxyl groups is 2. The number of carbonyl (C=O) groups excluding carboxylic acids is 1. The van der Waals surface area contributed by atoms with Gasteiger partial charge in [0.05, 0.1) is 19.3 Å². The second-order valence-corrected chi connectivity index (χ2v) is 8.55. The Labute approximate surface area is 178 Å². The second kappa shape index (κ2) is 10.9. The Morgan fingerprint density at radius 1 is 1.27 bits per heavy atom. The lowest BCUT2D eigenvalue weighted by Gasteiger charge is -2.20. The van der Waals surface area contributed by atoms with Crippen LogP contribution >= 0.6 is 0 Å². The number of hydrogen-bond donors (Lipinski definition) is 2. The third-order valence-electron chi connectivity index (χ3n) is 6.52. The van der Waals surface area contributed by atoms with Gasteiger partial charge in [-0.2, -0.15) is 0 Å². The topological polar surface area (TPSA) is 66.8 Å². The molecule has 3 rings (SSSR count). The molecule has 164 valence electrons. The summed E-state index contributed by atoms with van der Waals surface area (Å²) in [6, 6.07) is 8.24. The van der Waals surface area contributed by atoms with Gasteiger partial charge in [0.15, 0.2) is 0 Å². The fourth-order valence-corrected chi connectivity index (χ4v) is 4.74. The molecule has 2 unspecified atom stereocenters. The molecule has 0 aliphatic heterocycles. The van der Waals surface area contributed by atoms with Gasteiger partial charge in [-0.25, -0.2) is 4.39 Å². The van der Waals surface area contributed by atoms with E-state index in [9.17, 15) is 19.4 Å². The summed E-state index contributed by atoms with van der Waals surface area (Å²) in [6.07, 6.45) is 9.32. The zero-order valence-corrected chi connectivity index (χ0v) is 17.6.